The van der Waals surface area contributed by atoms with Crippen molar-refractivity contribution in [3.05, 3.63) is 58.9 Å². The lowest BCUT2D eigenvalue weighted by Crippen LogP contribution is -2.41. The number of carbonyl (C=O) groups excluding carboxylic acids is 1. The summed E-state index contributed by atoms with van der Waals surface area (Å²) in [7, 11) is 0. The number of aryl methyl sites for hydroxylation is 2. The Bertz CT molecular complexity index is 1030. The molecule has 1 atom stereocenters. The van der Waals surface area contributed by atoms with Crippen LogP contribution in [-0.2, 0) is 6.18 Å². The van der Waals surface area contributed by atoms with E-state index in [0.29, 0.717) is 18.8 Å². The minimum Gasteiger partial charge on any atom is -0.342 e. The van der Waals surface area contributed by atoms with E-state index in [1.54, 1.807) is 4.90 Å². The number of aromatic amines is 1. The highest BCUT2D eigenvalue weighted by Gasteiger charge is 2.30. The maximum absolute atomic E-state index is 12.7. The van der Waals surface area contributed by atoms with E-state index in [0.717, 1.165) is 41.8 Å². The predicted octanol–water partition coefficient (Wildman–Crippen LogP) is 5.61. The summed E-state index contributed by atoms with van der Waals surface area (Å²) in [5.41, 5.74) is 3.87. The lowest BCUT2D eigenvalue weighted by atomic mass is 9.97. The Kier molecular flexibility index (Phi) is 5.17. The summed E-state index contributed by atoms with van der Waals surface area (Å²) >= 11 is 0. The highest BCUT2D eigenvalue weighted by Crippen LogP contribution is 2.31. The van der Waals surface area contributed by atoms with Crippen LogP contribution >= 0.6 is 0 Å². The fraction of sp³-hybridized carbons (Fsp3) is 0.364. The van der Waals surface area contributed by atoms with Gasteiger partial charge in [-0.25, -0.2) is 9.78 Å². The van der Waals surface area contributed by atoms with Gasteiger partial charge in [0.1, 0.15) is 5.82 Å². The van der Waals surface area contributed by atoms with Crippen LogP contribution in [0.1, 0.15) is 41.3 Å². The molecule has 3 aromatic rings. The maximum Gasteiger partial charge on any atom is 0.416 e. The van der Waals surface area contributed by atoms with Crippen LogP contribution in [0.3, 0.4) is 0 Å². The molecule has 2 N–H and O–H groups in total. The molecule has 1 aromatic heterocycles. The lowest BCUT2D eigenvalue weighted by molar-refractivity contribution is -0.137. The van der Waals surface area contributed by atoms with Crippen molar-refractivity contribution in [1.29, 1.82) is 0 Å². The number of urea groups is 1. The van der Waals surface area contributed by atoms with Crippen LogP contribution in [0.4, 0.5) is 23.7 Å². The SMILES string of the molecule is Cc1cc2nc(C3CCCN(C(=O)Nc4ccc(C(F)(F)F)cc4)C3)[nH]c2cc1C. The molecule has 158 valence electrons. The number of nitrogens with zero attached hydrogens (tertiary/aromatic N) is 2. The fourth-order valence-electron chi connectivity index (χ4n) is 3.81. The number of H-pyrrole nitrogens is 1. The molecule has 1 fully saturated rings. The van der Waals surface area contributed by atoms with Crippen molar-refractivity contribution >= 4 is 22.8 Å². The highest BCUT2D eigenvalue weighted by molar-refractivity contribution is 5.89. The molecule has 2 heterocycles. The normalized spacial score (nSPS) is 17.4. The molecule has 0 bridgehead atoms. The van der Waals surface area contributed by atoms with Gasteiger partial charge in [0.2, 0.25) is 0 Å². The van der Waals surface area contributed by atoms with Gasteiger partial charge in [-0.2, -0.15) is 13.2 Å². The van der Waals surface area contributed by atoms with Gasteiger partial charge < -0.3 is 15.2 Å². The average Bonchev–Trinajstić information content (AvgIpc) is 3.11. The minimum atomic E-state index is -4.40. The van der Waals surface area contributed by atoms with Gasteiger partial charge in [0.25, 0.3) is 0 Å². The number of rotatable bonds is 2. The molecule has 2 aromatic carbocycles. The number of alkyl halides is 3. The largest absolute Gasteiger partial charge is 0.416 e. The number of likely N-dealkylation sites (tertiary alicyclic amines) is 1. The first kappa shape index (κ1) is 20.3. The lowest BCUT2D eigenvalue weighted by Gasteiger charge is -2.31. The van der Waals surface area contributed by atoms with Crippen molar-refractivity contribution in [3.63, 3.8) is 0 Å². The molecular weight excluding hydrogens is 393 g/mol. The Morgan fingerprint density at radius 3 is 2.57 bits per heavy atom. The minimum absolute atomic E-state index is 0.0881. The summed E-state index contributed by atoms with van der Waals surface area (Å²) in [5.74, 6) is 0.951. The smallest absolute Gasteiger partial charge is 0.342 e. The number of carbonyl (C=O) groups is 1. The van der Waals surface area contributed by atoms with Crippen LogP contribution in [0.15, 0.2) is 36.4 Å². The molecule has 1 unspecified atom stereocenters. The van der Waals surface area contributed by atoms with Crippen molar-refractivity contribution in [1.82, 2.24) is 14.9 Å². The van der Waals surface area contributed by atoms with Crippen LogP contribution in [0.5, 0.6) is 0 Å². The molecule has 0 radical (unpaired) electrons. The molecule has 5 nitrogen and oxygen atoms in total. The van der Waals surface area contributed by atoms with E-state index in [-0.39, 0.29) is 11.9 Å². The zero-order chi connectivity index (χ0) is 21.5. The number of imidazole rings is 1. The number of halogens is 3. The summed E-state index contributed by atoms with van der Waals surface area (Å²) in [6, 6.07) is 8.29. The van der Waals surface area contributed by atoms with Crippen LogP contribution in [-0.4, -0.2) is 34.0 Å². The van der Waals surface area contributed by atoms with E-state index in [2.05, 4.69) is 36.3 Å². The van der Waals surface area contributed by atoms with Gasteiger partial charge in [-0.1, -0.05) is 0 Å². The molecule has 1 aliphatic rings. The molecule has 0 spiro atoms. The van der Waals surface area contributed by atoms with Crippen molar-refractivity contribution in [2.45, 2.75) is 38.8 Å². The zero-order valence-electron chi connectivity index (χ0n) is 16.8. The topological polar surface area (TPSA) is 61.0 Å². The van der Waals surface area contributed by atoms with Crippen LogP contribution < -0.4 is 5.32 Å². The summed E-state index contributed by atoms with van der Waals surface area (Å²) in [6.07, 6.45) is -2.64. The van der Waals surface area contributed by atoms with Gasteiger partial charge in [0, 0.05) is 24.7 Å². The summed E-state index contributed by atoms with van der Waals surface area (Å²) in [5, 5.41) is 2.69. The Balaban J connectivity index is 1.45. The number of benzene rings is 2. The quantitative estimate of drug-likeness (QED) is 0.570. The van der Waals surface area contributed by atoms with E-state index in [9.17, 15) is 18.0 Å². The van der Waals surface area contributed by atoms with E-state index >= 15 is 0 Å². The van der Waals surface area contributed by atoms with Crippen LogP contribution in [0.2, 0.25) is 0 Å². The van der Waals surface area contributed by atoms with Gasteiger partial charge in [-0.15, -0.1) is 0 Å². The van der Waals surface area contributed by atoms with Gasteiger partial charge in [-0.05, 0) is 74.2 Å². The molecule has 8 heteroatoms. The van der Waals surface area contributed by atoms with Crippen LogP contribution in [0, 0.1) is 13.8 Å². The standard InChI is InChI=1S/C22H23F3N4O/c1-13-10-18-19(11-14(13)2)28-20(27-18)15-4-3-9-29(12-15)21(30)26-17-7-5-16(6-8-17)22(23,24)25/h5-8,10-11,15H,3-4,9,12H2,1-2H3,(H,26,30)(H,27,28). The second kappa shape index (κ2) is 7.66. The highest BCUT2D eigenvalue weighted by atomic mass is 19.4. The summed E-state index contributed by atoms with van der Waals surface area (Å²) < 4.78 is 38.1. The number of hydrogen-bond acceptors (Lipinski definition) is 2. The molecule has 2 amide bonds. The first-order chi connectivity index (χ1) is 14.2. The summed E-state index contributed by atoms with van der Waals surface area (Å²) in [6.45, 7) is 5.21. The van der Waals surface area contributed by atoms with E-state index in [1.807, 2.05) is 0 Å². The molecule has 1 saturated heterocycles. The van der Waals surface area contributed by atoms with Crippen molar-refractivity contribution in [3.8, 4) is 0 Å². The number of hydrogen-bond donors (Lipinski definition) is 2. The second-order valence-electron chi connectivity index (χ2n) is 7.87. The number of amides is 2. The van der Waals surface area contributed by atoms with Gasteiger partial charge in [0.15, 0.2) is 0 Å². The van der Waals surface area contributed by atoms with Crippen molar-refractivity contribution < 1.29 is 18.0 Å². The first-order valence-electron chi connectivity index (χ1n) is 9.91. The fourth-order valence-corrected chi connectivity index (χ4v) is 3.81. The van der Waals surface area contributed by atoms with Crippen molar-refractivity contribution in [2.24, 2.45) is 0 Å². The molecule has 1 aliphatic heterocycles. The Labute approximate surface area is 172 Å². The number of piperidine rings is 1. The molecule has 0 aliphatic carbocycles. The second-order valence-corrected chi connectivity index (χ2v) is 7.87. The number of nitrogens with one attached hydrogen (secondary N) is 2. The first-order valence-corrected chi connectivity index (χ1v) is 9.91. The Hall–Kier alpha value is -3.03. The number of aromatic nitrogens is 2. The maximum atomic E-state index is 12.7. The molecule has 4 rings (SSSR count). The van der Waals surface area contributed by atoms with E-state index in [1.165, 1.54) is 23.3 Å². The van der Waals surface area contributed by atoms with Crippen molar-refractivity contribution in [2.75, 3.05) is 18.4 Å². The number of anilines is 1. The molecular formula is C22H23F3N4O. The molecule has 30 heavy (non-hydrogen) atoms. The monoisotopic (exact) mass is 416 g/mol. The third-order valence-electron chi connectivity index (χ3n) is 5.67. The summed E-state index contributed by atoms with van der Waals surface area (Å²) in [4.78, 5) is 22.5. The van der Waals surface area contributed by atoms with Gasteiger partial charge >= 0.3 is 12.2 Å². The van der Waals surface area contributed by atoms with Gasteiger partial charge in [0.05, 0.1) is 16.6 Å². The zero-order valence-corrected chi connectivity index (χ0v) is 16.8. The number of fused-ring (bicyclic) bond motifs is 1. The van der Waals surface area contributed by atoms with Gasteiger partial charge in [-0.3, -0.25) is 0 Å². The van der Waals surface area contributed by atoms with E-state index < -0.39 is 11.7 Å². The predicted molar refractivity (Wildman–Crippen MR) is 110 cm³/mol. The van der Waals surface area contributed by atoms with E-state index in [4.69, 9.17) is 4.98 Å². The Morgan fingerprint density at radius 1 is 1.17 bits per heavy atom. The van der Waals surface area contributed by atoms with Crippen LogP contribution in [0.25, 0.3) is 11.0 Å². The third-order valence-corrected chi connectivity index (χ3v) is 5.67. The average molecular weight is 416 g/mol. The Morgan fingerprint density at radius 2 is 1.87 bits per heavy atom. The molecule has 0 saturated carbocycles. The third kappa shape index (κ3) is 4.13.